The molecule has 2 N–H and O–H groups in total. The lowest BCUT2D eigenvalue weighted by Crippen LogP contribution is -2.51. The van der Waals surface area contributed by atoms with Crippen molar-refractivity contribution in [3.05, 3.63) is 0 Å². The van der Waals surface area contributed by atoms with Crippen LogP contribution < -0.4 is 10.6 Å². The van der Waals surface area contributed by atoms with E-state index in [1.807, 2.05) is 0 Å². The molecule has 0 bridgehead atoms. The molecule has 1 aliphatic rings. The fourth-order valence-electron chi connectivity index (χ4n) is 1.44. The summed E-state index contributed by atoms with van der Waals surface area (Å²) >= 11 is 0. The first-order valence-corrected chi connectivity index (χ1v) is 5.15. The van der Waals surface area contributed by atoms with Crippen molar-refractivity contribution in [2.24, 2.45) is 5.92 Å². The molecule has 0 aromatic carbocycles. The van der Waals surface area contributed by atoms with Crippen LogP contribution in [0.25, 0.3) is 0 Å². The third kappa shape index (κ3) is 2.99. The van der Waals surface area contributed by atoms with Crippen LogP contribution in [0.4, 0.5) is 0 Å². The molecule has 1 heterocycles. The topological polar surface area (TPSA) is 41.1 Å². The Kier molecular flexibility index (Phi) is 3.72. The van der Waals surface area contributed by atoms with Gasteiger partial charge in [0.25, 0.3) is 0 Å². The molecule has 1 aliphatic heterocycles. The molecule has 76 valence electrons. The van der Waals surface area contributed by atoms with E-state index in [0.717, 1.165) is 19.4 Å². The van der Waals surface area contributed by atoms with E-state index >= 15 is 0 Å². The predicted molar refractivity (Wildman–Crippen MR) is 53.5 cm³/mol. The summed E-state index contributed by atoms with van der Waals surface area (Å²) < 4.78 is 0. The number of hydrogen-bond donors (Lipinski definition) is 2. The van der Waals surface area contributed by atoms with Gasteiger partial charge < -0.3 is 10.6 Å². The average molecular weight is 184 g/mol. The summed E-state index contributed by atoms with van der Waals surface area (Å²) in [4.78, 5) is 11.4. The first-order valence-electron chi connectivity index (χ1n) is 5.15. The maximum absolute atomic E-state index is 11.4. The number of carbonyl (C=O) groups is 1. The van der Waals surface area contributed by atoms with Gasteiger partial charge in [-0.1, -0.05) is 13.8 Å². The molecule has 2 atom stereocenters. The van der Waals surface area contributed by atoms with Gasteiger partial charge in [0.1, 0.15) is 0 Å². The van der Waals surface area contributed by atoms with Gasteiger partial charge in [-0.2, -0.15) is 0 Å². The van der Waals surface area contributed by atoms with E-state index in [1.165, 1.54) is 0 Å². The molecule has 0 aromatic heterocycles. The van der Waals surface area contributed by atoms with Crippen LogP contribution in [0.3, 0.4) is 0 Å². The highest BCUT2D eigenvalue weighted by Crippen LogP contribution is 2.07. The van der Waals surface area contributed by atoms with E-state index in [0.29, 0.717) is 12.0 Å². The van der Waals surface area contributed by atoms with Crippen LogP contribution in [0.2, 0.25) is 0 Å². The van der Waals surface area contributed by atoms with Crippen LogP contribution in [0, 0.1) is 5.92 Å². The van der Waals surface area contributed by atoms with Crippen LogP contribution in [0.15, 0.2) is 0 Å². The van der Waals surface area contributed by atoms with Crippen molar-refractivity contribution < 1.29 is 4.79 Å². The molecular formula is C10H20N2O. The van der Waals surface area contributed by atoms with Crippen molar-refractivity contribution in [2.75, 3.05) is 6.54 Å². The second-order valence-electron chi connectivity index (χ2n) is 4.19. The number of nitrogens with one attached hydrogen (secondary N) is 2. The number of piperidine rings is 1. The number of hydrogen-bond acceptors (Lipinski definition) is 2. The Labute approximate surface area is 80.3 Å². The maximum atomic E-state index is 11.4. The third-order valence-electron chi connectivity index (χ3n) is 2.75. The quantitative estimate of drug-likeness (QED) is 0.684. The first kappa shape index (κ1) is 10.5. The van der Waals surface area contributed by atoms with Crippen molar-refractivity contribution in [1.82, 2.24) is 10.6 Å². The standard InChI is InChI=1S/C10H20N2O/c1-7(2)8(3)12-9-5-4-6-11-10(9)13/h7-9,12H,4-6H2,1-3H3,(H,11,13). The SMILES string of the molecule is CC(C)C(C)NC1CCCNC1=O. The van der Waals surface area contributed by atoms with Gasteiger partial charge in [0.05, 0.1) is 6.04 Å². The molecule has 13 heavy (non-hydrogen) atoms. The van der Waals surface area contributed by atoms with E-state index in [2.05, 4.69) is 31.4 Å². The van der Waals surface area contributed by atoms with E-state index in [4.69, 9.17) is 0 Å². The largest absolute Gasteiger partial charge is 0.355 e. The smallest absolute Gasteiger partial charge is 0.237 e. The van der Waals surface area contributed by atoms with Gasteiger partial charge in [-0.05, 0) is 25.7 Å². The summed E-state index contributed by atoms with van der Waals surface area (Å²) in [6, 6.07) is 0.444. The maximum Gasteiger partial charge on any atom is 0.237 e. The van der Waals surface area contributed by atoms with Gasteiger partial charge in [0.15, 0.2) is 0 Å². The second-order valence-corrected chi connectivity index (χ2v) is 4.19. The van der Waals surface area contributed by atoms with Crippen molar-refractivity contribution in [2.45, 2.75) is 45.7 Å². The van der Waals surface area contributed by atoms with Crippen molar-refractivity contribution in [1.29, 1.82) is 0 Å². The van der Waals surface area contributed by atoms with Crippen LogP contribution in [0.5, 0.6) is 0 Å². The van der Waals surface area contributed by atoms with Crippen LogP contribution in [-0.2, 0) is 4.79 Å². The highest BCUT2D eigenvalue weighted by Gasteiger charge is 2.23. The summed E-state index contributed by atoms with van der Waals surface area (Å²) in [5.41, 5.74) is 0. The summed E-state index contributed by atoms with van der Waals surface area (Å²) in [5, 5.41) is 6.23. The zero-order valence-corrected chi connectivity index (χ0v) is 8.76. The highest BCUT2D eigenvalue weighted by molar-refractivity contribution is 5.82. The Morgan fingerprint density at radius 2 is 2.15 bits per heavy atom. The Morgan fingerprint density at radius 1 is 1.46 bits per heavy atom. The highest BCUT2D eigenvalue weighted by atomic mass is 16.2. The minimum atomic E-state index is 0.0335. The lowest BCUT2D eigenvalue weighted by molar-refractivity contribution is -0.124. The molecule has 1 saturated heterocycles. The van der Waals surface area contributed by atoms with Crippen molar-refractivity contribution >= 4 is 5.91 Å². The molecule has 0 radical (unpaired) electrons. The van der Waals surface area contributed by atoms with Crippen LogP contribution in [0.1, 0.15) is 33.6 Å². The Bertz CT molecular complexity index is 180. The molecule has 1 fully saturated rings. The van der Waals surface area contributed by atoms with Crippen LogP contribution in [-0.4, -0.2) is 24.5 Å². The van der Waals surface area contributed by atoms with Crippen LogP contribution >= 0.6 is 0 Å². The Balaban J connectivity index is 2.38. The Morgan fingerprint density at radius 3 is 2.69 bits per heavy atom. The molecule has 0 spiro atoms. The minimum Gasteiger partial charge on any atom is -0.355 e. The van der Waals surface area contributed by atoms with E-state index in [1.54, 1.807) is 0 Å². The van der Waals surface area contributed by atoms with Crippen molar-refractivity contribution in [3.8, 4) is 0 Å². The molecule has 1 rings (SSSR count). The number of carbonyl (C=O) groups excluding carboxylic acids is 1. The third-order valence-corrected chi connectivity index (χ3v) is 2.75. The molecule has 3 nitrogen and oxygen atoms in total. The lowest BCUT2D eigenvalue weighted by Gasteiger charge is -2.27. The fourth-order valence-corrected chi connectivity index (χ4v) is 1.44. The van der Waals surface area contributed by atoms with E-state index in [-0.39, 0.29) is 11.9 Å². The predicted octanol–water partition coefficient (Wildman–Crippen LogP) is 0.899. The molecule has 0 aliphatic carbocycles. The average Bonchev–Trinajstić information content (AvgIpc) is 2.08. The molecular weight excluding hydrogens is 164 g/mol. The van der Waals surface area contributed by atoms with E-state index < -0.39 is 0 Å². The first-order chi connectivity index (χ1) is 6.11. The van der Waals surface area contributed by atoms with Gasteiger partial charge in [0.2, 0.25) is 5.91 Å². The molecule has 1 amide bonds. The van der Waals surface area contributed by atoms with Crippen molar-refractivity contribution in [3.63, 3.8) is 0 Å². The number of amides is 1. The van der Waals surface area contributed by atoms with E-state index in [9.17, 15) is 4.79 Å². The lowest BCUT2D eigenvalue weighted by atomic mass is 10.0. The summed E-state index contributed by atoms with van der Waals surface area (Å²) in [6.45, 7) is 7.30. The van der Waals surface area contributed by atoms with Gasteiger partial charge in [-0.15, -0.1) is 0 Å². The number of rotatable bonds is 3. The summed E-state index contributed by atoms with van der Waals surface area (Å²) in [6.07, 6.45) is 2.07. The van der Waals surface area contributed by atoms with Gasteiger partial charge in [0, 0.05) is 12.6 Å². The Hall–Kier alpha value is -0.570. The fraction of sp³-hybridized carbons (Fsp3) is 0.900. The molecule has 2 unspecified atom stereocenters. The van der Waals surface area contributed by atoms with Gasteiger partial charge >= 0.3 is 0 Å². The normalized spacial score (nSPS) is 25.8. The zero-order chi connectivity index (χ0) is 9.84. The van der Waals surface area contributed by atoms with Gasteiger partial charge in [-0.3, -0.25) is 4.79 Å². The minimum absolute atomic E-state index is 0.0335. The van der Waals surface area contributed by atoms with Gasteiger partial charge in [-0.25, -0.2) is 0 Å². The zero-order valence-electron chi connectivity index (χ0n) is 8.76. The molecule has 0 saturated carbocycles. The monoisotopic (exact) mass is 184 g/mol. The summed E-state index contributed by atoms with van der Waals surface area (Å²) in [7, 11) is 0. The summed E-state index contributed by atoms with van der Waals surface area (Å²) in [5.74, 6) is 0.744. The molecule has 3 heteroatoms. The second kappa shape index (κ2) is 4.61. The molecule has 0 aromatic rings.